The van der Waals surface area contributed by atoms with Gasteiger partial charge in [-0.1, -0.05) is 61.7 Å². The molecule has 1 rings (SSSR count). The first-order valence-electron chi connectivity index (χ1n) is 11.5. The number of hydrogen-bond donors (Lipinski definition) is 1. The maximum Gasteiger partial charge on any atom is 0.407 e. The maximum atomic E-state index is 12.2. The summed E-state index contributed by atoms with van der Waals surface area (Å²) in [6.07, 6.45) is 12.0. The van der Waals surface area contributed by atoms with Crippen LogP contribution in [0.2, 0.25) is 0 Å². The van der Waals surface area contributed by atoms with Gasteiger partial charge in [0.15, 0.2) is 0 Å². The van der Waals surface area contributed by atoms with Gasteiger partial charge < -0.3 is 19.5 Å². The van der Waals surface area contributed by atoms with Gasteiger partial charge in [-0.3, -0.25) is 4.79 Å². The summed E-state index contributed by atoms with van der Waals surface area (Å²) in [5, 5.41) is 2.82. The van der Waals surface area contributed by atoms with E-state index in [0.29, 0.717) is 18.4 Å². The Balaban J connectivity index is 2.69. The van der Waals surface area contributed by atoms with Crippen molar-refractivity contribution in [1.82, 2.24) is 5.32 Å². The number of unbranched alkanes of at least 4 members (excludes halogenated alkanes) is 5. The van der Waals surface area contributed by atoms with Gasteiger partial charge in [0.25, 0.3) is 0 Å². The number of nitrogens with one attached hydrogen (secondary N) is 1. The Hall–Kier alpha value is -3.09. The zero-order chi connectivity index (χ0) is 24.3. The van der Waals surface area contributed by atoms with Crippen molar-refractivity contribution >= 4 is 18.0 Å². The van der Waals surface area contributed by atoms with E-state index in [1.165, 1.54) is 20.3 Å². The Labute approximate surface area is 197 Å². The maximum absolute atomic E-state index is 12.2. The fraction of sp³-hybridized carbons (Fsp3) is 0.500. The van der Waals surface area contributed by atoms with Gasteiger partial charge in [-0.2, -0.15) is 0 Å². The predicted molar refractivity (Wildman–Crippen MR) is 128 cm³/mol. The molecule has 7 nitrogen and oxygen atoms in total. The third kappa shape index (κ3) is 12.5. The first kappa shape index (κ1) is 27.9. The van der Waals surface area contributed by atoms with Crippen LogP contribution in [0.15, 0.2) is 54.1 Å². The SMILES string of the molecule is CCOC(=O)/C=C(/C/C=C/CCCCCCCC(=O)OC)C(NC(=O)OC)c1ccccc1. The number of methoxy groups -OCH3 is 2. The Morgan fingerprint density at radius 2 is 1.64 bits per heavy atom. The molecule has 182 valence electrons. The molecule has 0 aromatic heterocycles. The monoisotopic (exact) mass is 459 g/mol. The predicted octanol–water partition coefficient (Wildman–Crippen LogP) is 5.42. The number of benzene rings is 1. The average Bonchev–Trinajstić information content (AvgIpc) is 2.83. The van der Waals surface area contributed by atoms with Crippen LogP contribution in [0.4, 0.5) is 4.79 Å². The van der Waals surface area contributed by atoms with Crippen molar-refractivity contribution in [1.29, 1.82) is 0 Å². The third-order valence-corrected chi connectivity index (χ3v) is 5.04. The van der Waals surface area contributed by atoms with E-state index in [4.69, 9.17) is 9.47 Å². The Morgan fingerprint density at radius 1 is 0.939 bits per heavy atom. The van der Waals surface area contributed by atoms with Crippen LogP contribution in [0.1, 0.15) is 69.9 Å². The molecule has 0 aliphatic carbocycles. The zero-order valence-electron chi connectivity index (χ0n) is 20.0. The summed E-state index contributed by atoms with van der Waals surface area (Å²) < 4.78 is 14.5. The number of alkyl carbamates (subject to hydrolysis) is 1. The summed E-state index contributed by atoms with van der Waals surface area (Å²) >= 11 is 0. The quantitative estimate of drug-likeness (QED) is 0.124. The van der Waals surface area contributed by atoms with Gasteiger partial charge in [-0.25, -0.2) is 9.59 Å². The Bertz CT molecular complexity index is 772. The van der Waals surface area contributed by atoms with Crippen molar-refractivity contribution in [2.75, 3.05) is 20.8 Å². The van der Waals surface area contributed by atoms with Gasteiger partial charge in [0.05, 0.1) is 26.9 Å². The van der Waals surface area contributed by atoms with Crippen LogP contribution in [-0.4, -0.2) is 38.9 Å². The fourth-order valence-corrected chi connectivity index (χ4v) is 3.31. The van der Waals surface area contributed by atoms with Gasteiger partial charge in [0.1, 0.15) is 0 Å². The first-order chi connectivity index (χ1) is 16.0. The van der Waals surface area contributed by atoms with Crippen LogP contribution in [0, 0.1) is 0 Å². The van der Waals surface area contributed by atoms with Crippen molar-refractivity contribution in [2.45, 2.75) is 64.3 Å². The molecule has 0 fully saturated rings. The molecule has 1 amide bonds. The summed E-state index contributed by atoms with van der Waals surface area (Å²) in [5.41, 5.74) is 1.56. The normalized spacial score (nSPS) is 12.3. The number of carbonyl (C=O) groups is 3. The van der Waals surface area contributed by atoms with Crippen molar-refractivity contribution < 1.29 is 28.6 Å². The molecule has 0 heterocycles. The van der Waals surface area contributed by atoms with E-state index < -0.39 is 18.1 Å². The molecular weight excluding hydrogens is 422 g/mol. The molecule has 1 unspecified atom stereocenters. The highest BCUT2D eigenvalue weighted by atomic mass is 16.5. The zero-order valence-corrected chi connectivity index (χ0v) is 20.0. The number of rotatable bonds is 15. The number of allylic oxidation sites excluding steroid dienone is 2. The van der Waals surface area contributed by atoms with Gasteiger partial charge in [-0.05, 0) is 43.7 Å². The van der Waals surface area contributed by atoms with Crippen molar-refractivity contribution in [3.63, 3.8) is 0 Å². The molecule has 0 saturated carbocycles. The van der Waals surface area contributed by atoms with E-state index in [0.717, 1.165) is 44.1 Å². The smallest absolute Gasteiger partial charge is 0.407 e. The van der Waals surface area contributed by atoms with Crippen LogP contribution < -0.4 is 5.32 Å². The van der Waals surface area contributed by atoms with Crippen LogP contribution in [0.5, 0.6) is 0 Å². The number of carbonyl (C=O) groups excluding carboxylic acids is 3. The number of amides is 1. The van der Waals surface area contributed by atoms with Gasteiger partial charge >= 0.3 is 18.0 Å². The van der Waals surface area contributed by atoms with Crippen LogP contribution in [0.3, 0.4) is 0 Å². The molecule has 7 heteroatoms. The Kier molecular flexibility index (Phi) is 14.8. The second-order valence-electron chi connectivity index (χ2n) is 7.51. The highest BCUT2D eigenvalue weighted by Crippen LogP contribution is 2.25. The third-order valence-electron chi connectivity index (χ3n) is 5.04. The number of esters is 2. The highest BCUT2D eigenvalue weighted by molar-refractivity contribution is 5.83. The van der Waals surface area contributed by atoms with Crippen molar-refractivity contribution in [3.8, 4) is 0 Å². The van der Waals surface area contributed by atoms with E-state index in [2.05, 4.69) is 16.1 Å². The van der Waals surface area contributed by atoms with Crippen molar-refractivity contribution in [3.05, 3.63) is 59.7 Å². The minimum Gasteiger partial charge on any atom is -0.469 e. The standard InChI is InChI=1S/C26H37NO6/c1-4-33-24(29)20-22(25(27-26(30)32-3)21-16-13-11-14-17-21)18-12-9-7-5-6-8-10-15-19-23(28)31-2/h9,11-14,16-17,20,25H,4-8,10,15,18-19H2,1-3H3,(H,27,30)/b12-9+,22-20-. The lowest BCUT2D eigenvalue weighted by Gasteiger charge is -2.21. The number of ether oxygens (including phenoxy) is 3. The van der Waals surface area contributed by atoms with Gasteiger partial charge in [-0.15, -0.1) is 0 Å². The second kappa shape index (κ2) is 17.5. The molecule has 1 N–H and O–H groups in total. The highest BCUT2D eigenvalue weighted by Gasteiger charge is 2.20. The topological polar surface area (TPSA) is 90.9 Å². The summed E-state index contributed by atoms with van der Waals surface area (Å²) in [7, 11) is 2.72. The Morgan fingerprint density at radius 3 is 2.30 bits per heavy atom. The molecule has 0 aliphatic rings. The fourth-order valence-electron chi connectivity index (χ4n) is 3.31. The molecule has 1 atom stereocenters. The summed E-state index contributed by atoms with van der Waals surface area (Å²) in [5.74, 6) is -0.597. The molecule has 0 bridgehead atoms. The van der Waals surface area contributed by atoms with E-state index in [9.17, 15) is 14.4 Å². The van der Waals surface area contributed by atoms with Gasteiger partial charge in [0, 0.05) is 12.5 Å². The molecular formula is C26H37NO6. The van der Waals surface area contributed by atoms with E-state index in [1.807, 2.05) is 36.4 Å². The second-order valence-corrected chi connectivity index (χ2v) is 7.51. The molecule has 0 spiro atoms. The number of hydrogen-bond acceptors (Lipinski definition) is 6. The summed E-state index contributed by atoms with van der Waals surface area (Å²) in [6, 6.07) is 8.92. The molecule has 1 aromatic carbocycles. The summed E-state index contributed by atoms with van der Waals surface area (Å²) in [4.78, 5) is 35.2. The first-order valence-corrected chi connectivity index (χ1v) is 11.5. The minimum atomic E-state index is -0.574. The van der Waals surface area contributed by atoms with E-state index in [-0.39, 0.29) is 12.6 Å². The molecule has 0 saturated heterocycles. The average molecular weight is 460 g/mol. The molecule has 0 radical (unpaired) electrons. The largest absolute Gasteiger partial charge is 0.469 e. The molecule has 1 aromatic rings. The van der Waals surface area contributed by atoms with Gasteiger partial charge in [0.2, 0.25) is 0 Å². The lowest BCUT2D eigenvalue weighted by molar-refractivity contribution is -0.140. The minimum absolute atomic E-state index is 0.153. The van der Waals surface area contributed by atoms with Crippen LogP contribution in [-0.2, 0) is 23.8 Å². The van der Waals surface area contributed by atoms with Crippen LogP contribution in [0.25, 0.3) is 0 Å². The molecule has 33 heavy (non-hydrogen) atoms. The van der Waals surface area contributed by atoms with E-state index in [1.54, 1.807) is 6.92 Å². The lowest BCUT2D eigenvalue weighted by atomic mass is 9.95. The summed E-state index contributed by atoms with van der Waals surface area (Å²) in [6.45, 7) is 2.03. The molecule has 0 aliphatic heterocycles. The van der Waals surface area contributed by atoms with Crippen molar-refractivity contribution in [2.24, 2.45) is 0 Å². The lowest BCUT2D eigenvalue weighted by Crippen LogP contribution is -2.30. The van der Waals surface area contributed by atoms with Crippen LogP contribution >= 0.6 is 0 Å². The van der Waals surface area contributed by atoms with E-state index >= 15 is 0 Å².